The molecule has 0 bridgehead atoms. The maximum atomic E-state index is 8.38. The summed E-state index contributed by atoms with van der Waals surface area (Å²) < 4.78 is 0. The Morgan fingerprint density at radius 2 is 1.33 bits per heavy atom. The van der Waals surface area contributed by atoms with Crippen LogP contribution in [0.15, 0.2) is 12.2 Å². The van der Waals surface area contributed by atoms with E-state index in [0.717, 1.165) is 0 Å². The molecule has 0 spiro atoms. The van der Waals surface area contributed by atoms with E-state index in [-0.39, 0.29) is 0 Å². The largest absolute Gasteiger partial charge is 0.386 e. The Kier molecular flexibility index (Phi) is 0.680. The standard InChI is InChI=1S/C4H6O2/c5-3-1-2-4(3)6/h1-6H/t3-,4+. The molecule has 0 saturated heterocycles. The van der Waals surface area contributed by atoms with Gasteiger partial charge in [-0.25, -0.2) is 0 Å². The SMILES string of the molecule is O[C@@H]1C=C[C@@H]1O. The van der Waals surface area contributed by atoms with E-state index in [2.05, 4.69) is 0 Å². The minimum Gasteiger partial charge on any atom is -0.386 e. The minimum atomic E-state index is -0.593. The van der Waals surface area contributed by atoms with E-state index >= 15 is 0 Å². The van der Waals surface area contributed by atoms with Gasteiger partial charge in [-0.15, -0.1) is 0 Å². The van der Waals surface area contributed by atoms with Gasteiger partial charge in [0.15, 0.2) is 0 Å². The lowest BCUT2D eigenvalue weighted by atomic mass is 10.0. The molecule has 2 atom stereocenters. The van der Waals surface area contributed by atoms with Crippen LogP contribution in [0.2, 0.25) is 0 Å². The Bertz CT molecular complexity index is 67.6. The Labute approximate surface area is 35.7 Å². The number of rotatable bonds is 0. The first kappa shape index (κ1) is 3.84. The summed E-state index contributed by atoms with van der Waals surface area (Å²) in [5, 5.41) is 16.8. The zero-order valence-electron chi connectivity index (χ0n) is 3.20. The Morgan fingerprint density at radius 1 is 1.00 bits per heavy atom. The van der Waals surface area contributed by atoms with E-state index in [1.54, 1.807) is 12.2 Å². The van der Waals surface area contributed by atoms with Gasteiger partial charge in [0.25, 0.3) is 0 Å². The van der Waals surface area contributed by atoms with Gasteiger partial charge >= 0.3 is 0 Å². The molecule has 0 amide bonds. The van der Waals surface area contributed by atoms with E-state index in [1.165, 1.54) is 0 Å². The number of aliphatic hydroxyl groups excluding tert-OH is 2. The van der Waals surface area contributed by atoms with Crippen molar-refractivity contribution in [3.63, 3.8) is 0 Å². The molecule has 0 fully saturated rings. The minimum absolute atomic E-state index is 0.593. The van der Waals surface area contributed by atoms with E-state index < -0.39 is 12.2 Å². The van der Waals surface area contributed by atoms with Crippen molar-refractivity contribution in [3.05, 3.63) is 12.2 Å². The summed E-state index contributed by atoms with van der Waals surface area (Å²) in [6.45, 7) is 0. The second-order valence-corrected chi connectivity index (χ2v) is 1.37. The molecule has 0 heterocycles. The van der Waals surface area contributed by atoms with Crippen molar-refractivity contribution < 1.29 is 10.2 Å². The van der Waals surface area contributed by atoms with Crippen molar-refractivity contribution >= 4 is 0 Å². The number of hydrogen-bond donors (Lipinski definition) is 2. The predicted octanol–water partition coefficient (Wildman–Crippen LogP) is -0.722. The number of aliphatic hydroxyl groups is 2. The molecule has 34 valence electrons. The van der Waals surface area contributed by atoms with Gasteiger partial charge in [0.05, 0.1) is 0 Å². The van der Waals surface area contributed by atoms with Gasteiger partial charge in [-0.05, 0) is 0 Å². The van der Waals surface area contributed by atoms with Crippen LogP contribution in [0.3, 0.4) is 0 Å². The third-order valence-corrected chi connectivity index (χ3v) is 0.855. The maximum Gasteiger partial charge on any atom is 0.102 e. The lowest BCUT2D eigenvalue weighted by Crippen LogP contribution is -2.28. The smallest absolute Gasteiger partial charge is 0.102 e. The highest BCUT2D eigenvalue weighted by Crippen LogP contribution is 2.06. The molecule has 2 N–H and O–H groups in total. The summed E-state index contributed by atoms with van der Waals surface area (Å²) in [5.74, 6) is 0. The highest BCUT2D eigenvalue weighted by atomic mass is 16.3. The van der Waals surface area contributed by atoms with Crippen LogP contribution in [0.1, 0.15) is 0 Å². The van der Waals surface area contributed by atoms with Gasteiger partial charge in [0, 0.05) is 0 Å². The van der Waals surface area contributed by atoms with Gasteiger partial charge < -0.3 is 10.2 Å². The second kappa shape index (κ2) is 1.06. The van der Waals surface area contributed by atoms with E-state index in [1.807, 2.05) is 0 Å². The molecular formula is C4H6O2. The third-order valence-electron chi connectivity index (χ3n) is 0.855. The molecule has 0 unspecified atom stereocenters. The van der Waals surface area contributed by atoms with Crippen molar-refractivity contribution in [1.29, 1.82) is 0 Å². The average Bonchev–Trinajstić information content (AvgIpc) is 1.61. The molecule has 0 aliphatic heterocycles. The lowest BCUT2D eigenvalue weighted by Gasteiger charge is -2.17. The van der Waals surface area contributed by atoms with Gasteiger partial charge in [0.1, 0.15) is 12.2 Å². The van der Waals surface area contributed by atoms with Gasteiger partial charge in [0.2, 0.25) is 0 Å². The van der Waals surface area contributed by atoms with Gasteiger partial charge in [-0.3, -0.25) is 0 Å². The van der Waals surface area contributed by atoms with Gasteiger partial charge in [-0.2, -0.15) is 0 Å². The van der Waals surface area contributed by atoms with Crippen LogP contribution in [0, 0.1) is 0 Å². The Hall–Kier alpha value is -0.340. The quantitative estimate of drug-likeness (QED) is 0.382. The summed E-state index contributed by atoms with van der Waals surface area (Å²) >= 11 is 0. The van der Waals surface area contributed by atoms with Crippen LogP contribution >= 0.6 is 0 Å². The molecule has 0 aromatic rings. The van der Waals surface area contributed by atoms with Crippen molar-refractivity contribution in [3.8, 4) is 0 Å². The topological polar surface area (TPSA) is 40.5 Å². The highest BCUT2D eigenvalue weighted by molar-refractivity contribution is 5.10. The lowest BCUT2D eigenvalue weighted by molar-refractivity contribution is 0.0597. The normalized spacial score (nSPS) is 42.3. The third kappa shape index (κ3) is 0.345. The molecule has 0 aromatic heterocycles. The maximum absolute atomic E-state index is 8.38. The van der Waals surface area contributed by atoms with Crippen LogP contribution < -0.4 is 0 Å². The molecule has 1 aliphatic carbocycles. The molecule has 0 saturated carbocycles. The Morgan fingerprint density at radius 3 is 1.33 bits per heavy atom. The molecule has 1 rings (SSSR count). The fraction of sp³-hybridized carbons (Fsp3) is 0.500. The molecule has 2 nitrogen and oxygen atoms in total. The van der Waals surface area contributed by atoms with Crippen LogP contribution in [-0.2, 0) is 0 Å². The fourth-order valence-corrected chi connectivity index (χ4v) is 0.310. The zero-order valence-corrected chi connectivity index (χ0v) is 3.20. The van der Waals surface area contributed by atoms with Crippen molar-refractivity contribution in [1.82, 2.24) is 0 Å². The zero-order chi connectivity index (χ0) is 4.57. The van der Waals surface area contributed by atoms with Crippen molar-refractivity contribution in [2.24, 2.45) is 0 Å². The second-order valence-electron chi connectivity index (χ2n) is 1.37. The first-order chi connectivity index (χ1) is 2.80. The van der Waals surface area contributed by atoms with Crippen LogP contribution in [0.25, 0.3) is 0 Å². The van der Waals surface area contributed by atoms with Crippen molar-refractivity contribution in [2.45, 2.75) is 12.2 Å². The summed E-state index contributed by atoms with van der Waals surface area (Å²) in [6, 6.07) is 0. The predicted molar refractivity (Wildman–Crippen MR) is 21.2 cm³/mol. The van der Waals surface area contributed by atoms with Crippen LogP contribution in [-0.4, -0.2) is 22.4 Å². The number of hydrogen-bond acceptors (Lipinski definition) is 2. The van der Waals surface area contributed by atoms with Crippen LogP contribution in [0.5, 0.6) is 0 Å². The van der Waals surface area contributed by atoms with E-state index in [0.29, 0.717) is 0 Å². The molecular weight excluding hydrogens is 80.0 g/mol. The average molecular weight is 86.1 g/mol. The summed E-state index contributed by atoms with van der Waals surface area (Å²) in [6.07, 6.45) is 1.91. The first-order valence-corrected chi connectivity index (χ1v) is 1.85. The van der Waals surface area contributed by atoms with Crippen molar-refractivity contribution in [2.75, 3.05) is 0 Å². The van der Waals surface area contributed by atoms with E-state index in [9.17, 15) is 0 Å². The first-order valence-electron chi connectivity index (χ1n) is 1.85. The summed E-state index contributed by atoms with van der Waals surface area (Å²) in [4.78, 5) is 0. The highest BCUT2D eigenvalue weighted by Gasteiger charge is 2.16. The Balaban J connectivity index is 2.45. The van der Waals surface area contributed by atoms with Gasteiger partial charge in [-0.1, -0.05) is 12.2 Å². The molecule has 2 heteroatoms. The summed E-state index contributed by atoms with van der Waals surface area (Å²) in [7, 11) is 0. The summed E-state index contributed by atoms with van der Waals surface area (Å²) in [5.41, 5.74) is 0. The molecule has 0 aromatic carbocycles. The molecule has 1 aliphatic rings. The monoisotopic (exact) mass is 86.0 g/mol. The molecule has 6 heavy (non-hydrogen) atoms. The fourth-order valence-electron chi connectivity index (χ4n) is 0.310. The molecule has 0 radical (unpaired) electrons. The van der Waals surface area contributed by atoms with E-state index in [4.69, 9.17) is 10.2 Å². The van der Waals surface area contributed by atoms with Crippen LogP contribution in [0.4, 0.5) is 0 Å².